The zero-order valence-corrected chi connectivity index (χ0v) is 15.8. The Kier molecular flexibility index (Phi) is 4.60. The van der Waals surface area contributed by atoms with Crippen molar-refractivity contribution < 1.29 is 9.53 Å². The van der Waals surface area contributed by atoms with E-state index in [1.807, 2.05) is 37.3 Å². The highest BCUT2D eigenvalue weighted by Gasteiger charge is 2.11. The molecule has 27 heavy (non-hydrogen) atoms. The summed E-state index contributed by atoms with van der Waals surface area (Å²) in [7, 11) is 1.60. The van der Waals surface area contributed by atoms with E-state index in [-0.39, 0.29) is 5.91 Å². The van der Waals surface area contributed by atoms with Crippen molar-refractivity contribution in [3.63, 3.8) is 0 Å². The largest absolute Gasteiger partial charge is 0.497 e. The van der Waals surface area contributed by atoms with Crippen LogP contribution in [0.1, 0.15) is 15.9 Å². The molecule has 0 saturated heterocycles. The minimum Gasteiger partial charge on any atom is -0.497 e. The monoisotopic (exact) mass is 374 g/mol. The fourth-order valence-electron chi connectivity index (χ4n) is 2.87. The molecule has 134 valence electrons. The van der Waals surface area contributed by atoms with Crippen molar-refractivity contribution in [2.45, 2.75) is 6.92 Å². The first-order valence-electron chi connectivity index (χ1n) is 8.56. The standard InChI is InChI=1S/C22H18N2O2S/c1-14-13-16(22-24-19-5-3-4-6-20(19)27-22)9-12-18(14)23-21(25)15-7-10-17(26-2)11-8-15/h3-13H,1-2H3,(H,23,25). The van der Waals surface area contributed by atoms with Crippen LogP contribution in [0, 0.1) is 6.92 Å². The minimum atomic E-state index is -0.145. The van der Waals surface area contributed by atoms with E-state index >= 15 is 0 Å². The lowest BCUT2D eigenvalue weighted by atomic mass is 10.1. The van der Waals surface area contributed by atoms with Gasteiger partial charge in [0.05, 0.1) is 17.3 Å². The van der Waals surface area contributed by atoms with E-state index in [2.05, 4.69) is 17.4 Å². The van der Waals surface area contributed by atoms with Crippen LogP contribution in [0.15, 0.2) is 66.7 Å². The van der Waals surface area contributed by atoms with Gasteiger partial charge in [0.2, 0.25) is 0 Å². The van der Waals surface area contributed by atoms with Gasteiger partial charge in [-0.05, 0) is 67.1 Å². The first kappa shape index (κ1) is 17.2. The van der Waals surface area contributed by atoms with E-state index in [1.165, 1.54) is 4.70 Å². The highest BCUT2D eigenvalue weighted by atomic mass is 32.1. The predicted octanol–water partition coefficient (Wildman–Crippen LogP) is 5.53. The third-order valence-corrected chi connectivity index (χ3v) is 5.45. The average Bonchev–Trinajstić information content (AvgIpc) is 3.14. The molecule has 1 amide bonds. The lowest BCUT2D eigenvalue weighted by Crippen LogP contribution is -2.12. The van der Waals surface area contributed by atoms with Gasteiger partial charge in [0.15, 0.2) is 0 Å². The molecule has 0 radical (unpaired) electrons. The molecule has 1 heterocycles. The van der Waals surface area contributed by atoms with Crippen LogP contribution in [-0.2, 0) is 0 Å². The molecule has 4 nitrogen and oxygen atoms in total. The molecule has 0 saturated carbocycles. The predicted molar refractivity (Wildman–Crippen MR) is 111 cm³/mol. The average molecular weight is 374 g/mol. The highest BCUT2D eigenvalue weighted by Crippen LogP contribution is 2.32. The van der Waals surface area contributed by atoms with E-state index in [9.17, 15) is 4.79 Å². The number of fused-ring (bicyclic) bond motifs is 1. The van der Waals surface area contributed by atoms with E-state index in [0.29, 0.717) is 5.56 Å². The Morgan fingerprint density at radius 2 is 1.81 bits per heavy atom. The Balaban J connectivity index is 1.56. The van der Waals surface area contributed by atoms with Gasteiger partial charge in [-0.3, -0.25) is 4.79 Å². The first-order chi connectivity index (χ1) is 13.1. The van der Waals surface area contributed by atoms with Crippen LogP contribution in [0.25, 0.3) is 20.8 Å². The van der Waals surface area contributed by atoms with Crippen LogP contribution in [0.2, 0.25) is 0 Å². The number of rotatable bonds is 4. The molecule has 5 heteroatoms. The number of hydrogen-bond acceptors (Lipinski definition) is 4. The number of carbonyl (C=O) groups excluding carboxylic acids is 1. The summed E-state index contributed by atoms with van der Waals surface area (Å²) < 4.78 is 6.30. The van der Waals surface area contributed by atoms with Gasteiger partial charge >= 0.3 is 0 Å². The van der Waals surface area contributed by atoms with Gasteiger partial charge < -0.3 is 10.1 Å². The number of nitrogens with one attached hydrogen (secondary N) is 1. The third kappa shape index (κ3) is 3.55. The number of anilines is 1. The molecule has 4 rings (SSSR count). The van der Waals surface area contributed by atoms with Crippen molar-refractivity contribution in [3.05, 3.63) is 77.9 Å². The van der Waals surface area contributed by atoms with Crippen LogP contribution in [0.5, 0.6) is 5.75 Å². The summed E-state index contributed by atoms with van der Waals surface area (Å²) in [5.41, 5.74) is 4.43. The Hall–Kier alpha value is -3.18. The van der Waals surface area contributed by atoms with Gasteiger partial charge in [-0.15, -0.1) is 11.3 Å². The van der Waals surface area contributed by atoms with Gasteiger partial charge in [-0.25, -0.2) is 4.98 Å². The number of ether oxygens (including phenoxy) is 1. The second-order valence-electron chi connectivity index (χ2n) is 6.20. The van der Waals surface area contributed by atoms with Crippen LogP contribution >= 0.6 is 11.3 Å². The molecule has 1 N–H and O–H groups in total. The molecule has 4 aromatic rings. The summed E-state index contributed by atoms with van der Waals surface area (Å²) in [6, 6.07) is 21.1. The van der Waals surface area contributed by atoms with Crippen LogP contribution < -0.4 is 10.1 Å². The Morgan fingerprint density at radius 1 is 1.04 bits per heavy atom. The topological polar surface area (TPSA) is 51.2 Å². The quantitative estimate of drug-likeness (QED) is 0.511. The number of hydrogen-bond donors (Lipinski definition) is 1. The number of aromatic nitrogens is 1. The number of benzene rings is 3. The molecule has 0 unspecified atom stereocenters. The Bertz CT molecular complexity index is 1080. The molecule has 0 bridgehead atoms. The van der Waals surface area contributed by atoms with E-state index < -0.39 is 0 Å². The lowest BCUT2D eigenvalue weighted by Gasteiger charge is -2.10. The third-order valence-electron chi connectivity index (χ3n) is 4.37. The van der Waals surface area contributed by atoms with Gasteiger partial charge in [0.25, 0.3) is 5.91 Å². The van der Waals surface area contributed by atoms with Gasteiger partial charge in [-0.1, -0.05) is 12.1 Å². The van der Waals surface area contributed by atoms with Crippen LogP contribution in [-0.4, -0.2) is 18.0 Å². The smallest absolute Gasteiger partial charge is 0.255 e. The maximum absolute atomic E-state index is 12.5. The molecule has 1 aromatic heterocycles. The summed E-state index contributed by atoms with van der Waals surface area (Å²) in [5.74, 6) is 0.580. The molecular formula is C22H18N2O2S. The summed E-state index contributed by atoms with van der Waals surface area (Å²) in [5, 5.41) is 3.95. The summed E-state index contributed by atoms with van der Waals surface area (Å²) in [4.78, 5) is 17.2. The normalized spacial score (nSPS) is 10.7. The molecule has 0 aliphatic rings. The van der Waals surface area contributed by atoms with Crippen molar-refractivity contribution in [1.29, 1.82) is 0 Å². The second-order valence-corrected chi connectivity index (χ2v) is 7.23. The number of aryl methyl sites for hydroxylation is 1. The summed E-state index contributed by atoms with van der Waals surface area (Å²) >= 11 is 1.67. The SMILES string of the molecule is COc1ccc(C(=O)Nc2ccc(-c3nc4ccccc4s3)cc2C)cc1. The molecule has 0 aliphatic heterocycles. The number of carbonyl (C=O) groups is 1. The fraction of sp³-hybridized carbons (Fsp3) is 0.0909. The van der Waals surface area contributed by atoms with Crippen LogP contribution in [0.4, 0.5) is 5.69 Å². The summed E-state index contributed by atoms with van der Waals surface area (Å²) in [6.07, 6.45) is 0. The van der Waals surface area contributed by atoms with Gasteiger partial charge in [-0.2, -0.15) is 0 Å². The zero-order chi connectivity index (χ0) is 18.8. The van der Waals surface area contributed by atoms with Crippen molar-refractivity contribution in [1.82, 2.24) is 4.98 Å². The van der Waals surface area contributed by atoms with Crippen LogP contribution in [0.3, 0.4) is 0 Å². The number of nitrogens with zero attached hydrogens (tertiary/aromatic N) is 1. The van der Waals surface area contributed by atoms with Crippen molar-refractivity contribution >= 4 is 33.1 Å². The molecule has 3 aromatic carbocycles. The maximum Gasteiger partial charge on any atom is 0.255 e. The Labute approximate surface area is 161 Å². The lowest BCUT2D eigenvalue weighted by molar-refractivity contribution is 0.102. The molecule has 0 atom stereocenters. The van der Waals surface area contributed by atoms with Gasteiger partial charge in [0.1, 0.15) is 10.8 Å². The number of para-hydroxylation sites is 1. The molecule has 0 spiro atoms. The molecular weight excluding hydrogens is 356 g/mol. The zero-order valence-electron chi connectivity index (χ0n) is 15.0. The fourth-order valence-corrected chi connectivity index (χ4v) is 3.83. The number of thiazole rings is 1. The van der Waals surface area contributed by atoms with Crippen molar-refractivity contribution in [2.75, 3.05) is 12.4 Å². The van der Waals surface area contributed by atoms with E-state index in [0.717, 1.165) is 33.1 Å². The number of amides is 1. The summed E-state index contributed by atoms with van der Waals surface area (Å²) in [6.45, 7) is 1.99. The molecule has 0 fully saturated rings. The maximum atomic E-state index is 12.5. The highest BCUT2D eigenvalue weighted by molar-refractivity contribution is 7.21. The van der Waals surface area contributed by atoms with Crippen molar-refractivity contribution in [2.24, 2.45) is 0 Å². The van der Waals surface area contributed by atoms with E-state index in [4.69, 9.17) is 9.72 Å². The molecule has 0 aliphatic carbocycles. The minimum absolute atomic E-state index is 0.145. The Morgan fingerprint density at radius 3 is 2.52 bits per heavy atom. The van der Waals surface area contributed by atoms with Gasteiger partial charge in [0, 0.05) is 16.8 Å². The first-order valence-corrected chi connectivity index (χ1v) is 9.38. The van der Waals surface area contributed by atoms with Crippen molar-refractivity contribution in [3.8, 4) is 16.3 Å². The van der Waals surface area contributed by atoms with E-state index in [1.54, 1.807) is 42.7 Å². The second kappa shape index (κ2) is 7.21. The number of methoxy groups -OCH3 is 1.